The standard InChI is InChI=1S/C25H37NO11S/c1-11-5-7-15(8-6-11)38-23-20(32)22(19(31)17(10-27)35-23)37-25(24(33)34)9-16(30)12(2)21(36-25)18(13(3)28)26-14(4)29/h5-8,12-13,16-23,27-28,30-32H,9-10H2,1-4H3,(H,26,29)(H,33,34)/t12-,13-,16-,17?,18-,19+,20?,21?,22+,23+,25+/m1/s1. The highest BCUT2D eigenvalue weighted by Crippen LogP contribution is 2.41. The summed E-state index contributed by atoms with van der Waals surface area (Å²) in [5.74, 6) is -5.44. The number of thioether (sulfide) groups is 1. The molecular weight excluding hydrogens is 522 g/mol. The Balaban J connectivity index is 1.93. The Morgan fingerprint density at radius 3 is 2.37 bits per heavy atom. The molecule has 38 heavy (non-hydrogen) atoms. The molecule has 3 unspecified atom stereocenters. The molecule has 2 aliphatic rings. The first-order valence-electron chi connectivity index (χ1n) is 12.4. The third-order valence-electron chi connectivity index (χ3n) is 6.92. The minimum atomic E-state index is -2.56. The first-order chi connectivity index (χ1) is 17.8. The number of aryl methyl sites for hydroxylation is 1. The van der Waals surface area contributed by atoms with Gasteiger partial charge in [-0.2, -0.15) is 0 Å². The molecule has 11 atom stereocenters. The molecule has 7 N–H and O–H groups in total. The Morgan fingerprint density at radius 2 is 1.84 bits per heavy atom. The molecule has 0 saturated carbocycles. The van der Waals surface area contributed by atoms with E-state index in [-0.39, 0.29) is 0 Å². The fraction of sp³-hybridized carbons (Fsp3) is 0.680. The van der Waals surface area contributed by atoms with Gasteiger partial charge in [0.1, 0.15) is 29.9 Å². The number of carboxylic acids is 1. The monoisotopic (exact) mass is 559 g/mol. The van der Waals surface area contributed by atoms with Crippen LogP contribution < -0.4 is 5.32 Å². The summed E-state index contributed by atoms with van der Waals surface area (Å²) >= 11 is 1.10. The molecule has 1 amide bonds. The van der Waals surface area contributed by atoms with Crippen LogP contribution in [0.3, 0.4) is 0 Å². The van der Waals surface area contributed by atoms with Crippen LogP contribution in [0, 0.1) is 12.8 Å². The number of carbonyl (C=O) groups is 2. The maximum Gasteiger partial charge on any atom is 0.364 e. The summed E-state index contributed by atoms with van der Waals surface area (Å²) in [6.07, 6.45) is -10.3. The first kappa shape index (κ1) is 30.7. The van der Waals surface area contributed by atoms with Crippen LogP contribution in [-0.4, -0.2) is 109 Å². The fourth-order valence-corrected chi connectivity index (χ4v) is 5.75. The molecule has 13 heteroatoms. The van der Waals surface area contributed by atoms with Crippen LogP contribution in [0.1, 0.15) is 32.8 Å². The minimum Gasteiger partial charge on any atom is -0.477 e. The Hall–Kier alpha value is -1.81. The van der Waals surface area contributed by atoms with Gasteiger partial charge in [-0.15, -0.1) is 0 Å². The molecule has 0 radical (unpaired) electrons. The lowest BCUT2D eigenvalue weighted by atomic mass is 9.83. The highest BCUT2D eigenvalue weighted by molar-refractivity contribution is 7.99. The number of hydrogen-bond acceptors (Lipinski definition) is 11. The van der Waals surface area contributed by atoms with Gasteiger partial charge in [0, 0.05) is 24.2 Å². The van der Waals surface area contributed by atoms with Crippen molar-refractivity contribution in [3.63, 3.8) is 0 Å². The Bertz CT molecular complexity index is 963. The van der Waals surface area contributed by atoms with Gasteiger partial charge in [0.25, 0.3) is 5.79 Å². The van der Waals surface area contributed by atoms with Crippen molar-refractivity contribution in [3.8, 4) is 0 Å². The van der Waals surface area contributed by atoms with Crippen LogP contribution >= 0.6 is 11.8 Å². The van der Waals surface area contributed by atoms with Crippen LogP contribution in [0.2, 0.25) is 0 Å². The van der Waals surface area contributed by atoms with Gasteiger partial charge in [-0.3, -0.25) is 4.79 Å². The van der Waals surface area contributed by atoms with Crippen LogP contribution in [0.25, 0.3) is 0 Å². The second-order valence-electron chi connectivity index (χ2n) is 9.96. The summed E-state index contributed by atoms with van der Waals surface area (Å²) in [5.41, 5.74) is -0.0405. The smallest absolute Gasteiger partial charge is 0.364 e. The summed E-state index contributed by atoms with van der Waals surface area (Å²) in [6.45, 7) is 5.44. The number of benzene rings is 1. The van der Waals surface area contributed by atoms with E-state index in [0.717, 1.165) is 17.3 Å². The van der Waals surface area contributed by atoms with Gasteiger partial charge >= 0.3 is 5.97 Å². The van der Waals surface area contributed by atoms with Gasteiger partial charge in [0.05, 0.1) is 31.0 Å². The fourth-order valence-electron chi connectivity index (χ4n) is 4.69. The van der Waals surface area contributed by atoms with E-state index < -0.39 is 90.8 Å². The molecular formula is C25H37NO11S. The molecule has 1 aromatic carbocycles. The van der Waals surface area contributed by atoms with E-state index in [1.54, 1.807) is 19.1 Å². The molecule has 0 bridgehead atoms. The van der Waals surface area contributed by atoms with Crippen LogP contribution in [0.5, 0.6) is 0 Å². The lowest BCUT2D eigenvalue weighted by molar-refractivity contribution is -0.347. The Labute approximate surface area is 224 Å². The predicted molar refractivity (Wildman–Crippen MR) is 134 cm³/mol. The van der Waals surface area contributed by atoms with E-state index in [2.05, 4.69) is 5.32 Å². The molecule has 0 aliphatic carbocycles. The largest absolute Gasteiger partial charge is 0.477 e. The minimum absolute atomic E-state index is 0.509. The zero-order chi connectivity index (χ0) is 28.4. The highest BCUT2D eigenvalue weighted by Gasteiger charge is 2.58. The maximum absolute atomic E-state index is 12.6. The third kappa shape index (κ3) is 6.66. The number of aliphatic hydroxyl groups excluding tert-OH is 5. The average Bonchev–Trinajstić information content (AvgIpc) is 2.85. The van der Waals surface area contributed by atoms with Crippen molar-refractivity contribution in [1.82, 2.24) is 5.32 Å². The number of carboxylic acid groups (broad SMARTS) is 1. The van der Waals surface area contributed by atoms with E-state index in [1.165, 1.54) is 13.8 Å². The predicted octanol–water partition coefficient (Wildman–Crippen LogP) is -0.636. The van der Waals surface area contributed by atoms with Crippen LogP contribution in [0.15, 0.2) is 29.2 Å². The summed E-state index contributed by atoms with van der Waals surface area (Å²) in [6, 6.07) is 6.22. The van der Waals surface area contributed by atoms with Crippen molar-refractivity contribution < 1.29 is 54.4 Å². The molecule has 2 heterocycles. The van der Waals surface area contributed by atoms with Crippen molar-refractivity contribution >= 4 is 23.6 Å². The normalized spacial score (nSPS) is 37.3. The second-order valence-corrected chi connectivity index (χ2v) is 11.1. The SMILES string of the molecule is CC(=O)N[C@@H](C1O[C@@](O[C@@H]2C(O)[C@H](Sc3ccc(C)cc3)OC(CO)[C@@H]2O)(C(=O)O)C[C@@H](O)[C@H]1C)[C@@H](C)O. The summed E-state index contributed by atoms with van der Waals surface area (Å²) < 4.78 is 17.4. The van der Waals surface area contributed by atoms with Gasteiger partial charge in [-0.05, 0) is 26.0 Å². The van der Waals surface area contributed by atoms with E-state index in [9.17, 15) is 40.2 Å². The van der Waals surface area contributed by atoms with Crippen molar-refractivity contribution in [1.29, 1.82) is 0 Å². The van der Waals surface area contributed by atoms with Gasteiger partial charge in [0.2, 0.25) is 5.91 Å². The van der Waals surface area contributed by atoms with E-state index >= 15 is 0 Å². The van der Waals surface area contributed by atoms with E-state index in [0.29, 0.717) is 4.90 Å². The van der Waals surface area contributed by atoms with Gasteiger partial charge < -0.3 is 50.2 Å². The van der Waals surface area contributed by atoms with Crippen molar-refractivity contribution in [2.45, 2.75) is 99.0 Å². The maximum atomic E-state index is 12.6. The second kappa shape index (κ2) is 12.6. The summed E-state index contributed by atoms with van der Waals surface area (Å²) in [4.78, 5) is 25.1. The van der Waals surface area contributed by atoms with Crippen molar-refractivity contribution in [3.05, 3.63) is 29.8 Å². The van der Waals surface area contributed by atoms with Crippen LogP contribution in [-0.2, 0) is 23.8 Å². The zero-order valence-electron chi connectivity index (χ0n) is 21.6. The van der Waals surface area contributed by atoms with Crippen LogP contribution in [0.4, 0.5) is 0 Å². The number of aliphatic carboxylic acids is 1. The Morgan fingerprint density at radius 1 is 1.21 bits per heavy atom. The summed E-state index contributed by atoms with van der Waals surface area (Å²) in [7, 11) is 0. The van der Waals surface area contributed by atoms with E-state index in [4.69, 9.17) is 14.2 Å². The summed E-state index contributed by atoms with van der Waals surface area (Å²) in [5, 5.41) is 65.7. The molecule has 214 valence electrons. The van der Waals surface area contributed by atoms with Gasteiger partial charge in [0.15, 0.2) is 0 Å². The number of ether oxygens (including phenoxy) is 3. The molecule has 12 nitrogen and oxygen atoms in total. The number of aliphatic hydroxyl groups is 5. The average molecular weight is 560 g/mol. The van der Waals surface area contributed by atoms with Gasteiger partial charge in [-0.1, -0.05) is 36.4 Å². The lowest BCUT2D eigenvalue weighted by Crippen LogP contribution is -2.67. The topological polar surface area (TPSA) is 195 Å². The number of amides is 1. The number of rotatable bonds is 9. The highest BCUT2D eigenvalue weighted by atomic mass is 32.2. The van der Waals surface area contributed by atoms with Gasteiger partial charge in [-0.25, -0.2) is 4.79 Å². The van der Waals surface area contributed by atoms with E-state index in [1.807, 2.05) is 19.1 Å². The number of hydrogen-bond donors (Lipinski definition) is 7. The molecule has 3 rings (SSSR count). The third-order valence-corrected chi connectivity index (χ3v) is 8.09. The zero-order valence-corrected chi connectivity index (χ0v) is 22.4. The number of carbonyl (C=O) groups excluding carboxylic acids is 1. The molecule has 2 fully saturated rings. The quantitative estimate of drug-likeness (QED) is 0.203. The molecule has 0 aromatic heterocycles. The van der Waals surface area contributed by atoms with Crippen molar-refractivity contribution in [2.75, 3.05) is 6.61 Å². The number of nitrogens with one attached hydrogen (secondary N) is 1. The van der Waals surface area contributed by atoms with Crippen molar-refractivity contribution in [2.24, 2.45) is 5.92 Å². The molecule has 0 spiro atoms. The molecule has 2 saturated heterocycles. The molecule has 2 aliphatic heterocycles. The molecule has 1 aromatic rings. The Kier molecular flexibility index (Phi) is 10.2. The first-order valence-corrected chi connectivity index (χ1v) is 13.3. The lowest BCUT2D eigenvalue weighted by Gasteiger charge is -2.50.